The van der Waals surface area contributed by atoms with E-state index < -0.39 is 0 Å². The molecule has 0 radical (unpaired) electrons. The molecule has 1 saturated carbocycles. The number of nitrogens with one attached hydrogen (secondary N) is 1. The van der Waals surface area contributed by atoms with Crippen molar-refractivity contribution in [2.24, 2.45) is 21.3 Å². The highest BCUT2D eigenvalue weighted by Crippen LogP contribution is 2.42. The van der Waals surface area contributed by atoms with Gasteiger partial charge in [-0.3, -0.25) is 10.3 Å². The molecule has 2 fully saturated rings. The summed E-state index contributed by atoms with van der Waals surface area (Å²) in [7, 11) is 0. The summed E-state index contributed by atoms with van der Waals surface area (Å²) < 4.78 is 0. The van der Waals surface area contributed by atoms with Crippen molar-refractivity contribution in [1.82, 2.24) is 10.2 Å². The summed E-state index contributed by atoms with van der Waals surface area (Å²) in [6.07, 6.45) is 23.2. The third kappa shape index (κ3) is 4.19. The summed E-state index contributed by atoms with van der Waals surface area (Å²) >= 11 is 0. The van der Waals surface area contributed by atoms with Gasteiger partial charge in [0.2, 0.25) is 6.19 Å². The SMILES string of the molecule is CCC1(C2N=C3C=CC=CC3N2)CCCN(CC2CCCCCCC2)C1=NC#N. The van der Waals surface area contributed by atoms with Crippen molar-refractivity contribution in [3.05, 3.63) is 24.3 Å². The van der Waals surface area contributed by atoms with Crippen LogP contribution in [-0.2, 0) is 0 Å². The third-order valence-electron chi connectivity index (χ3n) is 7.43. The van der Waals surface area contributed by atoms with E-state index in [0.29, 0.717) is 0 Å². The fourth-order valence-corrected chi connectivity index (χ4v) is 5.78. The smallest absolute Gasteiger partial charge is 0.207 e. The second-order valence-electron chi connectivity index (χ2n) is 9.15. The van der Waals surface area contributed by atoms with Crippen molar-refractivity contribution in [3.63, 3.8) is 0 Å². The molecule has 4 rings (SSSR count). The van der Waals surface area contributed by atoms with Crippen molar-refractivity contribution in [2.45, 2.75) is 83.3 Å². The lowest BCUT2D eigenvalue weighted by Crippen LogP contribution is -2.58. The number of hydrogen-bond acceptors (Lipinski definition) is 4. The molecule has 4 aliphatic rings. The normalized spacial score (nSPS) is 34.4. The van der Waals surface area contributed by atoms with Crippen LogP contribution >= 0.6 is 0 Å². The molecule has 0 aromatic rings. The summed E-state index contributed by atoms with van der Waals surface area (Å²) in [5.41, 5.74) is 0.917. The fourth-order valence-electron chi connectivity index (χ4n) is 5.78. The molecular weight excluding hydrogens is 358 g/mol. The summed E-state index contributed by atoms with van der Waals surface area (Å²) in [5, 5.41) is 13.3. The Bertz CT molecular complexity index is 735. The molecule has 2 aliphatic carbocycles. The average Bonchev–Trinajstić information content (AvgIpc) is 3.16. The predicted octanol–water partition coefficient (Wildman–Crippen LogP) is 4.58. The Morgan fingerprint density at radius 1 is 1.21 bits per heavy atom. The maximum absolute atomic E-state index is 9.56. The number of rotatable bonds is 4. The van der Waals surface area contributed by atoms with E-state index in [9.17, 15) is 5.26 Å². The zero-order valence-electron chi connectivity index (χ0n) is 17.8. The van der Waals surface area contributed by atoms with Gasteiger partial charge in [-0.05, 0) is 44.1 Å². The Labute approximate surface area is 175 Å². The number of allylic oxidation sites excluding steroid dienone is 2. The van der Waals surface area contributed by atoms with Crippen molar-refractivity contribution >= 4 is 11.5 Å². The molecule has 0 bridgehead atoms. The molecule has 5 heteroatoms. The van der Waals surface area contributed by atoms with Gasteiger partial charge in [-0.2, -0.15) is 10.3 Å². The van der Waals surface area contributed by atoms with E-state index >= 15 is 0 Å². The zero-order valence-corrected chi connectivity index (χ0v) is 17.8. The number of fused-ring (bicyclic) bond motifs is 1. The molecule has 0 amide bonds. The first-order valence-corrected chi connectivity index (χ1v) is 11.7. The predicted molar refractivity (Wildman–Crippen MR) is 119 cm³/mol. The number of nitriles is 1. The first kappa shape index (κ1) is 20.3. The summed E-state index contributed by atoms with van der Waals surface area (Å²) in [6.45, 7) is 4.31. The van der Waals surface area contributed by atoms with Gasteiger partial charge in [0, 0.05) is 13.1 Å². The topological polar surface area (TPSA) is 63.8 Å². The minimum atomic E-state index is -0.193. The highest BCUT2D eigenvalue weighted by atomic mass is 15.3. The molecular formula is C24H35N5. The van der Waals surface area contributed by atoms with Crippen molar-refractivity contribution in [3.8, 4) is 6.19 Å². The van der Waals surface area contributed by atoms with E-state index in [-0.39, 0.29) is 17.6 Å². The van der Waals surface area contributed by atoms with E-state index in [1.165, 1.54) is 44.9 Å². The lowest BCUT2D eigenvalue weighted by molar-refractivity contribution is 0.172. The first-order valence-electron chi connectivity index (χ1n) is 11.7. The van der Waals surface area contributed by atoms with Gasteiger partial charge < -0.3 is 4.90 Å². The molecule has 2 heterocycles. The number of likely N-dealkylation sites (tertiary alicyclic amines) is 1. The van der Waals surface area contributed by atoms with Crippen LogP contribution in [-0.4, -0.2) is 41.7 Å². The van der Waals surface area contributed by atoms with Gasteiger partial charge in [0.25, 0.3) is 0 Å². The van der Waals surface area contributed by atoms with Crippen molar-refractivity contribution in [1.29, 1.82) is 5.26 Å². The Morgan fingerprint density at radius 3 is 2.72 bits per heavy atom. The minimum absolute atomic E-state index is 0.00728. The van der Waals surface area contributed by atoms with Gasteiger partial charge in [0.05, 0.1) is 17.2 Å². The van der Waals surface area contributed by atoms with Crippen LogP contribution in [0, 0.1) is 22.8 Å². The summed E-state index contributed by atoms with van der Waals surface area (Å²) in [4.78, 5) is 12.0. The Balaban J connectivity index is 1.57. The molecule has 2 aliphatic heterocycles. The summed E-state index contributed by atoms with van der Waals surface area (Å²) in [5.74, 6) is 1.72. The maximum Gasteiger partial charge on any atom is 0.207 e. The van der Waals surface area contributed by atoms with E-state index in [4.69, 9.17) is 4.99 Å². The second-order valence-corrected chi connectivity index (χ2v) is 9.15. The maximum atomic E-state index is 9.56. The fraction of sp³-hybridized carbons (Fsp3) is 0.708. The quantitative estimate of drug-likeness (QED) is 0.711. The third-order valence-corrected chi connectivity index (χ3v) is 7.43. The standard InChI is InChI=1S/C24H35N5/c1-2-24(22-27-20-13-8-9-14-21(20)28-22)15-10-16-29(23(24)26-18-25)17-19-11-6-4-3-5-7-12-19/h8-9,13-14,19-20,22,27H,2-7,10-12,15-17H2,1H3. The van der Waals surface area contributed by atoms with Crippen LogP contribution in [0.15, 0.2) is 34.3 Å². The van der Waals surface area contributed by atoms with Crippen LogP contribution in [0.25, 0.3) is 0 Å². The van der Waals surface area contributed by atoms with Crippen LogP contribution in [0.5, 0.6) is 0 Å². The Hall–Kier alpha value is -1.93. The van der Waals surface area contributed by atoms with E-state index in [2.05, 4.69) is 52.6 Å². The van der Waals surface area contributed by atoms with Crippen LogP contribution in [0.4, 0.5) is 0 Å². The lowest BCUT2D eigenvalue weighted by atomic mass is 9.73. The monoisotopic (exact) mass is 393 g/mol. The number of piperidine rings is 1. The number of nitrogens with zero attached hydrogens (tertiary/aromatic N) is 4. The van der Waals surface area contributed by atoms with Crippen LogP contribution < -0.4 is 5.32 Å². The van der Waals surface area contributed by atoms with Gasteiger partial charge >= 0.3 is 0 Å². The van der Waals surface area contributed by atoms with Crippen LogP contribution in [0.2, 0.25) is 0 Å². The highest BCUT2D eigenvalue weighted by molar-refractivity contribution is 6.04. The number of hydrogen-bond donors (Lipinski definition) is 1. The van der Waals surface area contributed by atoms with Gasteiger partial charge in [-0.15, -0.1) is 0 Å². The van der Waals surface area contributed by atoms with E-state index in [0.717, 1.165) is 49.8 Å². The molecule has 156 valence electrons. The van der Waals surface area contributed by atoms with Gasteiger partial charge in [0.1, 0.15) is 12.0 Å². The molecule has 29 heavy (non-hydrogen) atoms. The first-order chi connectivity index (χ1) is 14.3. The largest absolute Gasteiger partial charge is 0.358 e. The van der Waals surface area contributed by atoms with E-state index in [1.807, 2.05) is 0 Å². The minimum Gasteiger partial charge on any atom is -0.358 e. The van der Waals surface area contributed by atoms with Crippen molar-refractivity contribution in [2.75, 3.05) is 13.1 Å². The molecule has 1 saturated heterocycles. The molecule has 5 nitrogen and oxygen atoms in total. The van der Waals surface area contributed by atoms with E-state index in [1.54, 1.807) is 0 Å². The summed E-state index contributed by atoms with van der Waals surface area (Å²) in [6, 6.07) is 0.192. The molecule has 0 aromatic heterocycles. The van der Waals surface area contributed by atoms with Crippen LogP contribution in [0.3, 0.4) is 0 Å². The highest BCUT2D eigenvalue weighted by Gasteiger charge is 2.49. The molecule has 0 aromatic carbocycles. The van der Waals surface area contributed by atoms with Gasteiger partial charge in [-0.25, -0.2) is 0 Å². The number of aliphatic imine (C=N–C) groups is 2. The lowest BCUT2D eigenvalue weighted by Gasteiger charge is -2.47. The number of amidine groups is 1. The van der Waals surface area contributed by atoms with Crippen LogP contribution in [0.1, 0.15) is 71.1 Å². The molecule has 1 N–H and O–H groups in total. The second kappa shape index (κ2) is 9.26. The van der Waals surface area contributed by atoms with Crippen molar-refractivity contribution < 1.29 is 0 Å². The van der Waals surface area contributed by atoms with Gasteiger partial charge in [0.15, 0.2) is 0 Å². The zero-order chi connectivity index (χ0) is 20.1. The van der Waals surface area contributed by atoms with Gasteiger partial charge in [-0.1, -0.05) is 57.3 Å². The average molecular weight is 394 g/mol. The Morgan fingerprint density at radius 2 is 2.00 bits per heavy atom. The molecule has 3 unspecified atom stereocenters. The molecule has 0 spiro atoms. The Kier molecular flexibility index (Phi) is 6.50. The molecule has 3 atom stereocenters.